The largest absolute Gasteiger partial charge is 0.414 e. The highest BCUT2D eigenvalue weighted by molar-refractivity contribution is 4.77. The van der Waals surface area contributed by atoms with E-state index in [1.165, 1.54) is 0 Å². The molecule has 0 radical (unpaired) electrons. The number of alkyl halides is 3. The first-order valence-corrected chi connectivity index (χ1v) is 4.76. The zero-order valence-electron chi connectivity index (χ0n) is 7.48. The van der Waals surface area contributed by atoms with Gasteiger partial charge in [-0.2, -0.15) is 13.2 Å². The van der Waals surface area contributed by atoms with Crippen LogP contribution in [0.15, 0.2) is 0 Å². The highest BCUT2D eigenvalue weighted by Gasteiger charge is 2.42. The zero-order valence-corrected chi connectivity index (χ0v) is 7.48. The average Bonchev–Trinajstić information content (AvgIpc) is 2.28. The lowest BCUT2D eigenvalue weighted by Crippen LogP contribution is -2.35. The topological polar surface area (TPSA) is 20.2 Å². The van der Waals surface area contributed by atoms with Crippen LogP contribution in [0, 0.1) is 5.92 Å². The molecule has 1 fully saturated rings. The summed E-state index contributed by atoms with van der Waals surface area (Å²) in [7, 11) is 0. The van der Waals surface area contributed by atoms with Gasteiger partial charge in [-0.25, -0.2) is 0 Å². The van der Waals surface area contributed by atoms with E-state index in [2.05, 4.69) is 0 Å². The lowest BCUT2D eigenvalue weighted by molar-refractivity contribution is -0.220. The first-order valence-electron chi connectivity index (χ1n) is 4.76. The highest BCUT2D eigenvalue weighted by atomic mass is 19.4. The van der Waals surface area contributed by atoms with Crippen molar-refractivity contribution in [1.82, 2.24) is 0 Å². The number of rotatable bonds is 1. The monoisotopic (exact) mass is 196 g/mol. The highest BCUT2D eigenvalue weighted by Crippen LogP contribution is 2.33. The molecule has 0 aromatic rings. The summed E-state index contributed by atoms with van der Waals surface area (Å²) in [5.74, 6) is -0.567. The van der Waals surface area contributed by atoms with Gasteiger partial charge in [-0.1, -0.05) is 25.7 Å². The van der Waals surface area contributed by atoms with Crippen molar-refractivity contribution >= 4 is 0 Å². The summed E-state index contributed by atoms with van der Waals surface area (Å²) >= 11 is 0. The van der Waals surface area contributed by atoms with Gasteiger partial charge in [0.25, 0.3) is 0 Å². The number of halogens is 3. The van der Waals surface area contributed by atoms with Crippen LogP contribution >= 0.6 is 0 Å². The average molecular weight is 196 g/mol. The van der Waals surface area contributed by atoms with Crippen LogP contribution < -0.4 is 0 Å². The van der Waals surface area contributed by atoms with Crippen molar-refractivity contribution in [3.8, 4) is 0 Å². The Hall–Kier alpha value is -0.250. The minimum Gasteiger partial charge on any atom is -0.383 e. The van der Waals surface area contributed by atoms with Crippen LogP contribution in [0.3, 0.4) is 0 Å². The van der Waals surface area contributed by atoms with E-state index < -0.39 is 18.2 Å². The molecule has 1 atom stereocenters. The van der Waals surface area contributed by atoms with Crippen LogP contribution in [0.4, 0.5) is 13.2 Å². The van der Waals surface area contributed by atoms with Crippen molar-refractivity contribution in [2.45, 2.75) is 50.8 Å². The van der Waals surface area contributed by atoms with Gasteiger partial charge in [-0.15, -0.1) is 0 Å². The fourth-order valence-electron chi connectivity index (χ4n) is 1.89. The third kappa shape index (κ3) is 3.18. The Bertz CT molecular complexity index is 147. The SMILES string of the molecule is OC(C1CCCCCC1)C(F)(F)F. The lowest BCUT2D eigenvalue weighted by Gasteiger charge is -2.23. The molecule has 0 aliphatic heterocycles. The molecule has 4 heteroatoms. The van der Waals surface area contributed by atoms with Crippen LogP contribution in [-0.4, -0.2) is 17.4 Å². The number of hydrogen-bond donors (Lipinski definition) is 1. The maximum Gasteiger partial charge on any atom is 0.414 e. The number of hydrogen-bond acceptors (Lipinski definition) is 1. The Kier molecular flexibility index (Phi) is 3.59. The molecule has 0 bridgehead atoms. The van der Waals surface area contributed by atoms with Gasteiger partial charge in [0.15, 0.2) is 6.10 Å². The van der Waals surface area contributed by atoms with E-state index in [1.54, 1.807) is 0 Å². The molecule has 1 nitrogen and oxygen atoms in total. The Balaban J connectivity index is 2.48. The van der Waals surface area contributed by atoms with Crippen molar-refractivity contribution in [3.63, 3.8) is 0 Å². The lowest BCUT2D eigenvalue weighted by atomic mass is 9.94. The maximum atomic E-state index is 12.1. The van der Waals surface area contributed by atoms with Gasteiger partial charge < -0.3 is 5.11 Å². The molecule has 78 valence electrons. The molecule has 0 heterocycles. The van der Waals surface area contributed by atoms with Gasteiger partial charge >= 0.3 is 6.18 Å². The molecule has 1 aliphatic carbocycles. The molecule has 13 heavy (non-hydrogen) atoms. The molecule has 0 amide bonds. The molecule has 0 aromatic carbocycles. The van der Waals surface area contributed by atoms with E-state index in [9.17, 15) is 13.2 Å². The van der Waals surface area contributed by atoms with Crippen molar-refractivity contribution in [1.29, 1.82) is 0 Å². The third-order valence-electron chi connectivity index (χ3n) is 2.68. The summed E-state index contributed by atoms with van der Waals surface area (Å²) in [6.45, 7) is 0. The van der Waals surface area contributed by atoms with Gasteiger partial charge in [0.2, 0.25) is 0 Å². The summed E-state index contributed by atoms with van der Waals surface area (Å²) in [6, 6.07) is 0. The predicted molar refractivity (Wildman–Crippen MR) is 43.3 cm³/mol. The third-order valence-corrected chi connectivity index (χ3v) is 2.68. The van der Waals surface area contributed by atoms with Crippen LogP contribution in [0.2, 0.25) is 0 Å². The summed E-state index contributed by atoms with van der Waals surface area (Å²) < 4.78 is 36.3. The second-order valence-corrected chi connectivity index (χ2v) is 3.74. The fourth-order valence-corrected chi connectivity index (χ4v) is 1.89. The van der Waals surface area contributed by atoms with Crippen molar-refractivity contribution in [3.05, 3.63) is 0 Å². The van der Waals surface area contributed by atoms with Gasteiger partial charge in [0.05, 0.1) is 0 Å². The molecule has 1 unspecified atom stereocenters. The summed E-state index contributed by atoms with van der Waals surface area (Å²) in [4.78, 5) is 0. The summed E-state index contributed by atoms with van der Waals surface area (Å²) in [5, 5.41) is 9.01. The van der Waals surface area contributed by atoms with E-state index in [0.29, 0.717) is 12.8 Å². The summed E-state index contributed by atoms with van der Waals surface area (Å²) in [5.41, 5.74) is 0. The van der Waals surface area contributed by atoms with Crippen LogP contribution in [0.1, 0.15) is 38.5 Å². The standard InChI is InChI=1S/C9H15F3O/c10-9(11,12)8(13)7-5-3-1-2-4-6-7/h7-8,13H,1-6H2. The van der Waals surface area contributed by atoms with Gasteiger partial charge in [-0.3, -0.25) is 0 Å². The zero-order chi connectivity index (χ0) is 9.90. The van der Waals surface area contributed by atoms with E-state index in [0.717, 1.165) is 25.7 Å². The van der Waals surface area contributed by atoms with Crippen molar-refractivity contribution in [2.24, 2.45) is 5.92 Å². The fraction of sp³-hybridized carbons (Fsp3) is 1.00. The predicted octanol–water partition coefficient (Wildman–Crippen LogP) is 2.88. The first kappa shape index (κ1) is 10.8. The maximum absolute atomic E-state index is 12.1. The second-order valence-electron chi connectivity index (χ2n) is 3.74. The second kappa shape index (κ2) is 4.31. The Morgan fingerprint density at radius 3 is 1.85 bits per heavy atom. The molecule has 0 saturated heterocycles. The van der Waals surface area contributed by atoms with Crippen LogP contribution in [-0.2, 0) is 0 Å². The van der Waals surface area contributed by atoms with E-state index in [-0.39, 0.29) is 0 Å². The molecule has 1 saturated carbocycles. The van der Waals surface area contributed by atoms with E-state index in [1.807, 2.05) is 0 Å². The molecule has 1 N–H and O–H groups in total. The van der Waals surface area contributed by atoms with E-state index >= 15 is 0 Å². The molecule has 0 aromatic heterocycles. The quantitative estimate of drug-likeness (QED) is 0.639. The number of aliphatic hydroxyl groups excluding tert-OH is 1. The molecular weight excluding hydrogens is 181 g/mol. The Morgan fingerprint density at radius 1 is 1.00 bits per heavy atom. The normalized spacial score (nSPS) is 24.0. The Morgan fingerprint density at radius 2 is 1.46 bits per heavy atom. The first-order chi connectivity index (χ1) is 6.02. The molecular formula is C9H15F3O. The minimum atomic E-state index is -4.44. The molecule has 1 aliphatic rings. The van der Waals surface area contributed by atoms with Crippen LogP contribution in [0.25, 0.3) is 0 Å². The van der Waals surface area contributed by atoms with Gasteiger partial charge in [-0.05, 0) is 18.8 Å². The van der Waals surface area contributed by atoms with Crippen molar-refractivity contribution < 1.29 is 18.3 Å². The Labute approximate surface area is 75.9 Å². The smallest absolute Gasteiger partial charge is 0.383 e. The van der Waals surface area contributed by atoms with Crippen molar-refractivity contribution in [2.75, 3.05) is 0 Å². The summed E-state index contributed by atoms with van der Waals surface area (Å²) in [6.07, 6.45) is -1.88. The molecule has 1 rings (SSSR count). The molecule has 0 spiro atoms. The van der Waals surface area contributed by atoms with Crippen LogP contribution in [0.5, 0.6) is 0 Å². The van der Waals surface area contributed by atoms with Gasteiger partial charge in [0, 0.05) is 0 Å². The number of aliphatic hydroxyl groups is 1. The van der Waals surface area contributed by atoms with Gasteiger partial charge in [0.1, 0.15) is 0 Å². The van der Waals surface area contributed by atoms with E-state index in [4.69, 9.17) is 5.11 Å². The minimum absolute atomic E-state index is 0.515.